The summed E-state index contributed by atoms with van der Waals surface area (Å²) in [6.07, 6.45) is 1.68. The van der Waals surface area contributed by atoms with Crippen LogP contribution in [0, 0.1) is 0 Å². The minimum Gasteiger partial charge on any atom is -0.325 e. The second-order valence-corrected chi connectivity index (χ2v) is 7.74. The van der Waals surface area contributed by atoms with Crippen molar-refractivity contribution in [2.24, 2.45) is 0 Å². The highest BCUT2D eigenvalue weighted by Crippen LogP contribution is 2.38. The molecule has 2 aromatic carbocycles. The molecule has 7 heteroatoms. The molecule has 0 saturated heterocycles. The standard InChI is InChI=1S/C19H13Cl3N2OS/c20-12-9-13(21)11-14(10-12)24-19(25)18(15-5-1-2-6-16(15)22)26-17-7-3-4-8-23-17/h1-11,18H,(H,24,25). The lowest BCUT2D eigenvalue weighted by atomic mass is 10.1. The third kappa shape index (κ3) is 4.92. The van der Waals surface area contributed by atoms with Gasteiger partial charge >= 0.3 is 0 Å². The quantitative estimate of drug-likeness (QED) is 0.475. The van der Waals surface area contributed by atoms with Gasteiger partial charge in [-0.25, -0.2) is 4.98 Å². The second kappa shape index (κ2) is 8.78. The van der Waals surface area contributed by atoms with E-state index >= 15 is 0 Å². The molecule has 1 aromatic heterocycles. The average molecular weight is 424 g/mol. The summed E-state index contributed by atoms with van der Waals surface area (Å²) in [5, 5.41) is 4.39. The van der Waals surface area contributed by atoms with Crippen LogP contribution in [0.4, 0.5) is 5.69 Å². The van der Waals surface area contributed by atoms with Gasteiger partial charge in [0.25, 0.3) is 0 Å². The van der Waals surface area contributed by atoms with Gasteiger partial charge in [0.15, 0.2) is 0 Å². The van der Waals surface area contributed by atoms with Gasteiger partial charge in [0.1, 0.15) is 5.25 Å². The molecule has 132 valence electrons. The molecule has 1 atom stereocenters. The van der Waals surface area contributed by atoms with Crippen LogP contribution in [-0.2, 0) is 4.79 Å². The molecule has 26 heavy (non-hydrogen) atoms. The molecule has 1 heterocycles. The average Bonchev–Trinajstić information content (AvgIpc) is 2.60. The van der Waals surface area contributed by atoms with Gasteiger partial charge in [-0.3, -0.25) is 4.79 Å². The van der Waals surface area contributed by atoms with Gasteiger partial charge in [-0.05, 0) is 42.0 Å². The Morgan fingerprint density at radius 2 is 1.65 bits per heavy atom. The summed E-state index contributed by atoms with van der Waals surface area (Å²) in [5.41, 5.74) is 1.22. The maximum atomic E-state index is 13.0. The van der Waals surface area contributed by atoms with E-state index in [1.165, 1.54) is 11.8 Å². The highest BCUT2D eigenvalue weighted by atomic mass is 35.5. The summed E-state index contributed by atoms with van der Waals surface area (Å²) in [4.78, 5) is 17.3. The van der Waals surface area contributed by atoms with Crippen molar-refractivity contribution < 1.29 is 4.79 Å². The molecule has 1 amide bonds. The SMILES string of the molecule is O=C(Nc1cc(Cl)cc(Cl)c1)C(Sc1ccccn1)c1ccccc1Cl. The molecule has 3 aromatic rings. The molecule has 0 aliphatic heterocycles. The Bertz CT molecular complexity index is 901. The summed E-state index contributed by atoms with van der Waals surface area (Å²) in [6, 6.07) is 17.7. The Labute approximate surface area is 170 Å². The predicted molar refractivity (Wildman–Crippen MR) is 109 cm³/mol. The largest absolute Gasteiger partial charge is 0.325 e. The number of carbonyl (C=O) groups is 1. The van der Waals surface area contributed by atoms with E-state index in [1.807, 2.05) is 36.4 Å². The van der Waals surface area contributed by atoms with E-state index in [1.54, 1.807) is 30.5 Å². The van der Waals surface area contributed by atoms with Crippen LogP contribution in [0.25, 0.3) is 0 Å². The molecular formula is C19H13Cl3N2OS. The summed E-state index contributed by atoms with van der Waals surface area (Å²) < 4.78 is 0. The van der Waals surface area contributed by atoms with E-state index < -0.39 is 5.25 Å². The summed E-state index contributed by atoms with van der Waals surface area (Å²) in [6.45, 7) is 0. The minimum absolute atomic E-state index is 0.243. The zero-order chi connectivity index (χ0) is 18.5. The first-order valence-electron chi connectivity index (χ1n) is 7.62. The number of benzene rings is 2. The highest BCUT2D eigenvalue weighted by molar-refractivity contribution is 8.00. The molecule has 0 radical (unpaired) electrons. The fourth-order valence-electron chi connectivity index (χ4n) is 2.32. The number of rotatable bonds is 5. The van der Waals surface area contributed by atoms with Gasteiger partial charge in [-0.2, -0.15) is 0 Å². The smallest absolute Gasteiger partial charge is 0.242 e. The predicted octanol–water partition coefficient (Wildman–Crippen LogP) is 6.51. The molecule has 1 unspecified atom stereocenters. The van der Waals surface area contributed by atoms with Crippen molar-refractivity contribution in [3.05, 3.63) is 87.5 Å². The molecule has 0 saturated carbocycles. The number of hydrogen-bond acceptors (Lipinski definition) is 3. The fourth-order valence-corrected chi connectivity index (χ4v) is 4.17. The van der Waals surface area contributed by atoms with Crippen LogP contribution in [0.5, 0.6) is 0 Å². The van der Waals surface area contributed by atoms with Gasteiger partial charge in [-0.15, -0.1) is 0 Å². The molecule has 0 fully saturated rings. The number of hydrogen-bond donors (Lipinski definition) is 1. The van der Waals surface area contributed by atoms with Crippen LogP contribution >= 0.6 is 46.6 Å². The fraction of sp³-hybridized carbons (Fsp3) is 0.0526. The Kier molecular flexibility index (Phi) is 6.43. The van der Waals surface area contributed by atoms with Gasteiger partial charge in [-0.1, -0.05) is 70.8 Å². The number of halogens is 3. The second-order valence-electron chi connectivity index (χ2n) is 5.33. The van der Waals surface area contributed by atoms with Crippen LogP contribution in [0.15, 0.2) is 71.9 Å². The summed E-state index contributed by atoms with van der Waals surface area (Å²) >= 11 is 19.7. The molecule has 3 rings (SSSR count). The monoisotopic (exact) mass is 422 g/mol. The van der Waals surface area contributed by atoms with Gasteiger partial charge in [0.2, 0.25) is 5.91 Å². The number of anilines is 1. The maximum absolute atomic E-state index is 13.0. The van der Waals surface area contributed by atoms with Crippen molar-refractivity contribution in [3.63, 3.8) is 0 Å². The first-order chi connectivity index (χ1) is 12.5. The van der Waals surface area contributed by atoms with Crippen LogP contribution in [0.1, 0.15) is 10.8 Å². The molecule has 0 spiro atoms. The minimum atomic E-state index is -0.587. The normalized spacial score (nSPS) is 11.8. The zero-order valence-electron chi connectivity index (χ0n) is 13.3. The third-order valence-corrected chi connectivity index (χ3v) is 5.40. The van der Waals surface area contributed by atoms with Crippen LogP contribution in [0.2, 0.25) is 15.1 Å². The van der Waals surface area contributed by atoms with Crippen molar-refractivity contribution in [2.45, 2.75) is 10.3 Å². The maximum Gasteiger partial charge on any atom is 0.242 e. The highest BCUT2D eigenvalue weighted by Gasteiger charge is 2.25. The van der Waals surface area contributed by atoms with Crippen molar-refractivity contribution in [2.75, 3.05) is 5.32 Å². The summed E-state index contributed by atoms with van der Waals surface area (Å²) in [5.74, 6) is -0.243. The molecule has 0 aliphatic rings. The zero-order valence-corrected chi connectivity index (χ0v) is 16.4. The van der Waals surface area contributed by atoms with Crippen LogP contribution < -0.4 is 5.32 Å². The van der Waals surface area contributed by atoms with Crippen molar-refractivity contribution >= 4 is 58.2 Å². The van der Waals surface area contributed by atoms with Crippen LogP contribution in [0.3, 0.4) is 0 Å². The Hall–Kier alpha value is -1.72. The van der Waals surface area contributed by atoms with Gasteiger partial charge < -0.3 is 5.32 Å². The molecule has 0 aliphatic carbocycles. The lowest BCUT2D eigenvalue weighted by molar-refractivity contribution is -0.115. The van der Waals surface area contributed by atoms with Crippen molar-refractivity contribution in [1.82, 2.24) is 4.98 Å². The van der Waals surface area contributed by atoms with Gasteiger partial charge in [0.05, 0.1) is 5.03 Å². The lowest BCUT2D eigenvalue weighted by Gasteiger charge is -2.18. The van der Waals surface area contributed by atoms with Crippen LogP contribution in [-0.4, -0.2) is 10.9 Å². The van der Waals surface area contributed by atoms with E-state index in [9.17, 15) is 4.79 Å². The number of nitrogens with zero attached hydrogens (tertiary/aromatic N) is 1. The van der Waals surface area contributed by atoms with E-state index in [0.717, 1.165) is 5.03 Å². The number of amides is 1. The molecule has 3 nitrogen and oxygen atoms in total. The van der Waals surface area contributed by atoms with Crippen molar-refractivity contribution in [1.29, 1.82) is 0 Å². The van der Waals surface area contributed by atoms with E-state index in [4.69, 9.17) is 34.8 Å². The molecule has 1 N–H and O–H groups in total. The topological polar surface area (TPSA) is 42.0 Å². The van der Waals surface area contributed by atoms with E-state index in [-0.39, 0.29) is 5.91 Å². The Morgan fingerprint density at radius 3 is 2.31 bits per heavy atom. The Morgan fingerprint density at radius 1 is 0.962 bits per heavy atom. The first-order valence-corrected chi connectivity index (χ1v) is 9.63. The van der Waals surface area contributed by atoms with Crippen molar-refractivity contribution in [3.8, 4) is 0 Å². The number of aromatic nitrogens is 1. The van der Waals surface area contributed by atoms with Gasteiger partial charge in [0, 0.05) is 27.0 Å². The molecular weight excluding hydrogens is 411 g/mol. The number of nitrogens with one attached hydrogen (secondary N) is 1. The Balaban J connectivity index is 1.91. The number of carbonyl (C=O) groups excluding carboxylic acids is 1. The lowest BCUT2D eigenvalue weighted by Crippen LogP contribution is -2.19. The molecule has 0 bridgehead atoms. The number of pyridine rings is 1. The van der Waals surface area contributed by atoms with E-state index in [0.29, 0.717) is 26.3 Å². The van der Waals surface area contributed by atoms with E-state index in [2.05, 4.69) is 10.3 Å². The third-order valence-electron chi connectivity index (χ3n) is 3.43. The number of thioether (sulfide) groups is 1. The summed E-state index contributed by atoms with van der Waals surface area (Å²) in [7, 11) is 0. The first kappa shape index (κ1) is 19.1.